The molecule has 15 heavy (non-hydrogen) atoms. The number of aliphatic hydroxyl groups excluding tert-OH is 2. The summed E-state index contributed by atoms with van der Waals surface area (Å²) in [4.78, 5) is 0. The summed E-state index contributed by atoms with van der Waals surface area (Å²) in [6.07, 6.45) is 1.42. The number of nitrogens with two attached hydrogens (primary N) is 1. The second-order valence-electron chi connectivity index (χ2n) is 3.51. The van der Waals surface area contributed by atoms with E-state index < -0.39 is 6.04 Å². The van der Waals surface area contributed by atoms with E-state index in [1.165, 1.54) is 0 Å². The summed E-state index contributed by atoms with van der Waals surface area (Å²) in [7, 11) is 0. The van der Waals surface area contributed by atoms with Crippen LogP contribution in [0.3, 0.4) is 0 Å². The van der Waals surface area contributed by atoms with Crippen LogP contribution in [0.1, 0.15) is 23.6 Å². The number of aliphatic hydroxyl groups is 2. The lowest BCUT2D eigenvalue weighted by molar-refractivity contribution is 0.265. The van der Waals surface area contributed by atoms with E-state index in [0.29, 0.717) is 12.0 Å². The van der Waals surface area contributed by atoms with Crippen LogP contribution in [0.25, 0.3) is 0 Å². The van der Waals surface area contributed by atoms with Crippen LogP contribution in [-0.2, 0) is 6.42 Å². The van der Waals surface area contributed by atoms with Crippen LogP contribution in [0.2, 0.25) is 0 Å². The minimum atomic E-state index is -0.556. The van der Waals surface area contributed by atoms with E-state index in [0.717, 1.165) is 12.0 Å². The smallest absolute Gasteiger partial charge is 0.120 e. The van der Waals surface area contributed by atoms with Gasteiger partial charge in [-0.3, -0.25) is 0 Å². The Balaban J connectivity index is 2.84. The zero-order valence-electron chi connectivity index (χ0n) is 8.56. The number of aryl methyl sites for hydroxylation is 1. The quantitative estimate of drug-likeness (QED) is 0.564. The Morgan fingerprint density at radius 2 is 2.00 bits per heavy atom. The highest BCUT2D eigenvalue weighted by atomic mass is 16.3. The van der Waals surface area contributed by atoms with Crippen molar-refractivity contribution in [2.24, 2.45) is 5.73 Å². The maximum Gasteiger partial charge on any atom is 0.120 e. The van der Waals surface area contributed by atoms with Crippen molar-refractivity contribution >= 4 is 0 Å². The first-order valence-electron chi connectivity index (χ1n) is 4.98. The first kappa shape index (κ1) is 12.0. The first-order valence-corrected chi connectivity index (χ1v) is 4.98. The molecule has 0 radical (unpaired) electrons. The molecule has 0 unspecified atom stereocenters. The zero-order chi connectivity index (χ0) is 11.3. The highest BCUT2D eigenvalue weighted by molar-refractivity contribution is 5.38. The fourth-order valence-corrected chi connectivity index (χ4v) is 1.44. The van der Waals surface area contributed by atoms with E-state index in [-0.39, 0.29) is 19.0 Å². The Morgan fingerprint density at radius 3 is 2.60 bits per heavy atom. The van der Waals surface area contributed by atoms with Gasteiger partial charge in [0.2, 0.25) is 0 Å². The van der Waals surface area contributed by atoms with Crippen molar-refractivity contribution in [3.63, 3.8) is 0 Å². The molecule has 5 N–H and O–H groups in total. The van der Waals surface area contributed by atoms with Crippen molar-refractivity contribution in [2.75, 3.05) is 13.2 Å². The molecule has 1 rings (SSSR count). The fraction of sp³-hybridized carbons (Fsp3) is 0.455. The molecule has 0 fully saturated rings. The summed E-state index contributed by atoms with van der Waals surface area (Å²) in [6, 6.07) is 4.57. The lowest BCUT2D eigenvalue weighted by Crippen LogP contribution is -2.14. The van der Waals surface area contributed by atoms with Crippen molar-refractivity contribution in [3.05, 3.63) is 29.3 Å². The Kier molecular flexibility index (Phi) is 4.55. The second-order valence-corrected chi connectivity index (χ2v) is 3.51. The van der Waals surface area contributed by atoms with Crippen LogP contribution in [0.4, 0.5) is 0 Å². The van der Waals surface area contributed by atoms with Crippen molar-refractivity contribution in [1.82, 2.24) is 0 Å². The molecule has 1 atom stereocenters. The van der Waals surface area contributed by atoms with Gasteiger partial charge in [-0.1, -0.05) is 12.1 Å². The number of aromatic hydroxyl groups is 1. The Bertz CT molecular complexity index is 315. The molecule has 4 heteroatoms. The van der Waals surface area contributed by atoms with Crippen molar-refractivity contribution in [1.29, 1.82) is 0 Å². The van der Waals surface area contributed by atoms with E-state index in [9.17, 15) is 5.11 Å². The Labute approximate surface area is 89.0 Å². The van der Waals surface area contributed by atoms with Gasteiger partial charge < -0.3 is 21.1 Å². The molecule has 0 aliphatic heterocycles. The minimum Gasteiger partial charge on any atom is -0.508 e. The van der Waals surface area contributed by atoms with Crippen molar-refractivity contribution in [3.8, 4) is 5.75 Å². The zero-order valence-corrected chi connectivity index (χ0v) is 8.56. The second kappa shape index (κ2) is 5.70. The molecule has 0 heterocycles. The summed E-state index contributed by atoms with van der Waals surface area (Å²) < 4.78 is 0. The predicted octanol–water partition coefficient (Wildman–Crippen LogP) is 0.309. The van der Waals surface area contributed by atoms with Gasteiger partial charge in [-0.2, -0.15) is 0 Å². The first-order chi connectivity index (χ1) is 7.19. The van der Waals surface area contributed by atoms with Gasteiger partial charge in [-0.15, -0.1) is 0 Å². The van der Waals surface area contributed by atoms with Gasteiger partial charge >= 0.3 is 0 Å². The lowest BCUT2D eigenvalue weighted by atomic mass is 10.0. The van der Waals surface area contributed by atoms with E-state index in [1.807, 2.05) is 0 Å². The van der Waals surface area contributed by atoms with Crippen LogP contribution in [0.15, 0.2) is 18.2 Å². The molecular formula is C11H17NO3. The van der Waals surface area contributed by atoms with E-state index in [4.69, 9.17) is 15.9 Å². The molecule has 84 valence electrons. The van der Waals surface area contributed by atoms with Crippen molar-refractivity contribution < 1.29 is 15.3 Å². The molecule has 0 aliphatic carbocycles. The molecule has 1 aromatic rings. The normalized spacial score (nSPS) is 12.7. The maximum absolute atomic E-state index is 9.52. The largest absolute Gasteiger partial charge is 0.508 e. The monoisotopic (exact) mass is 211 g/mol. The van der Waals surface area contributed by atoms with Gasteiger partial charge in [0.15, 0.2) is 0 Å². The van der Waals surface area contributed by atoms with Crippen LogP contribution >= 0.6 is 0 Å². The number of hydrogen-bond donors (Lipinski definition) is 4. The third-order valence-corrected chi connectivity index (χ3v) is 2.31. The number of hydrogen-bond acceptors (Lipinski definition) is 4. The van der Waals surface area contributed by atoms with Gasteiger partial charge in [0.25, 0.3) is 0 Å². The molecular weight excluding hydrogens is 194 g/mol. The van der Waals surface area contributed by atoms with Gasteiger partial charge in [0, 0.05) is 12.2 Å². The SMILES string of the molecule is N[C@@H](CO)c1cc(CCCO)ccc1O. The topological polar surface area (TPSA) is 86.7 Å². The van der Waals surface area contributed by atoms with Gasteiger partial charge in [-0.05, 0) is 24.5 Å². The Morgan fingerprint density at radius 1 is 1.27 bits per heavy atom. The fourth-order valence-electron chi connectivity index (χ4n) is 1.44. The number of phenols is 1. The molecule has 0 aromatic heterocycles. The van der Waals surface area contributed by atoms with E-state index in [1.54, 1.807) is 18.2 Å². The minimum absolute atomic E-state index is 0.101. The van der Waals surface area contributed by atoms with Gasteiger partial charge in [0.05, 0.1) is 12.6 Å². The highest BCUT2D eigenvalue weighted by Crippen LogP contribution is 2.24. The van der Waals surface area contributed by atoms with Crippen LogP contribution in [0, 0.1) is 0 Å². The van der Waals surface area contributed by atoms with E-state index in [2.05, 4.69) is 0 Å². The average molecular weight is 211 g/mol. The number of benzene rings is 1. The summed E-state index contributed by atoms with van der Waals surface area (Å²) in [5, 5.41) is 27.1. The van der Waals surface area contributed by atoms with Crippen LogP contribution in [-0.4, -0.2) is 28.5 Å². The predicted molar refractivity (Wildman–Crippen MR) is 57.5 cm³/mol. The molecule has 0 aliphatic rings. The average Bonchev–Trinajstić information content (AvgIpc) is 2.27. The third kappa shape index (κ3) is 3.20. The molecule has 0 spiro atoms. The molecule has 0 saturated carbocycles. The summed E-state index contributed by atoms with van der Waals surface area (Å²) in [6.45, 7) is -0.0563. The molecule has 1 aromatic carbocycles. The van der Waals surface area contributed by atoms with E-state index >= 15 is 0 Å². The van der Waals surface area contributed by atoms with Crippen LogP contribution < -0.4 is 5.73 Å². The van der Waals surface area contributed by atoms with Gasteiger partial charge in [-0.25, -0.2) is 0 Å². The lowest BCUT2D eigenvalue weighted by Gasteiger charge is -2.12. The molecule has 0 saturated heterocycles. The van der Waals surface area contributed by atoms with Crippen LogP contribution in [0.5, 0.6) is 5.75 Å². The molecule has 0 bridgehead atoms. The maximum atomic E-state index is 9.52. The highest BCUT2D eigenvalue weighted by Gasteiger charge is 2.10. The third-order valence-electron chi connectivity index (χ3n) is 2.31. The summed E-state index contributed by atoms with van der Waals surface area (Å²) in [5.74, 6) is 0.101. The summed E-state index contributed by atoms with van der Waals surface area (Å²) in [5.41, 5.74) is 7.18. The van der Waals surface area contributed by atoms with Crippen molar-refractivity contribution in [2.45, 2.75) is 18.9 Å². The number of phenolic OH excluding ortho intramolecular Hbond substituents is 1. The molecule has 4 nitrogen and oxygen atoms in total. The summed E-state index contributed by atoms with van der Waals surface area (Å²) >= 11 is 0. The molecule has 0 amide bonds. The standard InChI is InChI=1S/C11H17NO3/c12-10(7-14)9-6-8(2-1-5-13)3-4-11(9)15/h3-4,6,10,13-15H,1-2,5,7,12H2/t10-/m0/s1. The van der Waals surface area contributed by atoms with Gasteiger partial charge in [0.1, 0.15) is 5.75 Å². The number of rotatable bonds is 5. The Hall–Kier alpha value is -1.10.